The van der Waals surface area contributed by atoms with Crippen molar-refractivity contribution in [1.29, 1.82) is 0 Å². The SMILES string of the molecule is CN(c1ccc(NC(=O)c2cccc(-n3cnnn3)c2)cc1F)C1CCCCC1. The molecule has 0 atom stereocenters. The number of rotatable bonds is 5. The van der Waals surface area contributed by atoms with E-state index >= 15 is 0 Å². The lowest BCUT2D eigenvalue weighted by molar-refractivity contribution is 0.102. The number of carbonyl (C=O) groups excluding carboxylic acids is 1. The minimum atomic E-state index is -0.335. The van der Waals surface area contributed by atoms with Gasteiger partial charge >= 0.3 is 0 Å². The van der Waals surface area contributed by atoms with Crippen molar-refractivity contribution in [3.63, 3.8) is 0 Å². The highest BCUT2D eigenvalue weighted by atomic mass is 19.1. The summed E-state index contributed by atoms with van der Waals surface area (Å²) in [6.45, 7) is 0. The molecule has 0 saturated heterocycles. The molecule has 1 amide bonds. The maximum Gasteiger partial charge on any atom is 0.255 e. The average Bonchev–Trinajstić information content (AvgIpc) is 3.29. The van der Waals surface area contributed by atoms with Crippen LogP contribution >= 0.6 is 0 Å². The Kier molecular flexibility index (Phi) is 5.50. The monoisotopic (exact) mass is 394 g/mol. The molecule has 29 heavy (non-hydrogen) atoms. The molecule has 1 saturated carbocycles. The lowest BCUT2D eigenvalue weighted by Crippen LogP contribution is -2.33. The Morgan fingerprint density at radius 2 is 2.00 bits per heavy atom. The van der Waals surface area contributed by atoms with Gasteiger partial charge in [0.15, 0.2) is 0 Å². The fourth-order valence-electron chi connectivity index (χ4n) is 3.81. The highest BCUT2D eigenvalue weighted by molar-refractivity contribution is 6.04. The minimum Gasteiger partial charge on any atom is -0.369 e. The van der Waals surface area contributed by atoms with Crippen LogP contribution in [0.4, 0.5) is 15.8 Å². The van der Waals surface area contributed by atoms with Crippen LogP contribution < -0.4 is 10.2 Å². The first-order valence-electron chi connectivity index (χ1n) is 9.79. The van der Waals surface area contributed by atoms with Crippen molar-refractivity contribution < 1.29 is 9.18 Å². The number of hydrogen-bond donors (Lipinski definition) is 1. The van der Waals surface area contributed by atoms with Crippen LogP contribution in [0.1, 0.15) is 42.5 Å². The number of aromatic nitrogens is 4. The molecule has 1 heterocycles. The second-order valence-corrected chi connectivity index (χ2v) is 7.33. The Morgan fingerprint density at radius 3 is 2.72 bits per heavy atom. The summed E-state index contributed by atoms with van der Waals surface area (Å²) in [6.07, 6.45) is 7.27. The van der Waals surface area contributed by atoms with Crippen LogP contribution in [0.5, 0.6) is 0 Å². The zero-order valence-electron chi connectivity index (χ0n) is 16.3. The van der Waals surface area contributed by atoms with E-state index in [9.17, 15) is 9.18 Å². The molecule has 4 rings (SSSR count). The summed E-state index contributed by atoms with van der Waals surface area (Å²) in [6, 6.07) is 12.1. The van der Waals surface area contributed by atoms with Gasteiger partial charge in [-0.3, -0.25) is 4.79 Å². The van der Waals surface area contributed by atoms with Crippen molar-refractivity contribution in [3.8, 4) is 5.69 Å². The number of amides is 1. The quantitative estimate of drug-likeness (QED) is 0.712. The van der Waals surface area contributed by atoms with Gasteiger partial charge in [-0.25, -0.2) is 9.07 Å². The lowest BCUT2D eigenvalue weighted by atomic mass is 9.94. The van der Waals surface area contributed by atoms with Gasteiger partial charge in [-0.05, 0) is 59.7 Å². The van der Waals surface area contributed by atoms with Crippen molar-refractivity contribution in [2.24, 2.45) is 0 Å². The second kappa shape index (κ2) is 8.38. The van der Waals surface area contributed by atoms with E-state index in [2.05, 4.69) is 20.8 Å². The van der Waals surface area contributed by atoms with E-state index in [-0.39, 0.29) is 11.7 Å². The molecule has 8 heteroatoms. The van der Waals surface area contributed by atoms with Gasteiger partial charge in [0.25, 0.3) is 5.91 Å². The Hall–Kier alpha value is -3.29. The van der Waals surface area contributed by atoms with E-state index in [1.807, 2.05) is 11.9 Å². The highest BCUT2D eigenvalue weighted by Crippen LogP contribution is 2.29. The van der Waals surface area contributed by atoms with Gasteiger partial charge in [0.1, 0.15) is 12.1 Å². The Morgan fingerprint density at radius 1 is 1.17 bits per heavy atom. The van der Waals surface area contributed by atoms with Crippen LogP contribution in [-0.4, -0.2) is 39.2 Å². The number of benzene rings is 2. The van der Waals surface area contributed by atoms with Gasteiger partial charge in [-0.15, -0.1) is 5.10 Å². The van der Waals surface area contributed by atoms with Crippen molar-refractivity contribution in [2.45, 2.75) is 38.1 Å². The van der Waals surface area contributed by atoms with Gasteiger partial charge in [-0.2, -0.15) is 0 Å². The summed E-state index contributed by atoms with van der Waals surface area (Å²) in [4.78, 5) is 14.6. The fourth-order valence-corrected chi connectivity index (χ4v) is 3.81. The number of anilines is 2. The summed E-state index contributed by atoms with van der Waals surface area (Å²) in [5.41, 5.74) is 2.08. The fraction of sp³-hybridized carbons (Fsp3) is 0.333. The van der Waals surface area contributed by atoms with Crippen molar-refractivity contribution in [3.05, 3.63) is 60.2 Å². The van der Waals surface area contributed by atoms with Gasteiger partial charge in [-0.1, -0.05) is 25.3 Å². The van der Waals surface area contributed by atoms with Gasteiger partial charge in [0.2, 0.25) is 0 Å². The number of nitrogens with zero attached hydrogens (tertiary/aromatic N) is 5. The molecule has 1 N–H and O–H groups in total. The standard InChI is InChI=1S/C21H23FN6O/c1-27(17-7-3-2-4-8-17)20-11-10-16(13-19(20)22)24-21(29)15-6-5-9-18(12-15)28-14-23-25-26-28/h5-6,9-14,17H,2-4,7-8H2,1H3,(H,24,29). The number of halogens is 1. The third kappa shape index (κ3) is 4.26. The molecule has 3 aromatic rings. The summed E-state index contributed by atoms with van der Waals surface area (Å²) in [5.74, 6) is -0.661. The lowest BCUT2D eigenvalue weighted by Gasteiger charge is -2.33. The Bertz CT molecular complexity index is 985. The first kappa shape index (κ1) is 19.0. The predicted octanol–water partition coefficient (Wildman–Crippen LogP) is 3.82. The van der Waals surface area contributed by atoms with Crippen LogP contribution in [-0.2, 0) is 0 Å². The molecule has 1 fully saturated rings. The van der Waals surface area contributed by atoms with Crippen molar-refractivity contribution in [1.82, 2.24) is 20.2 Å². The first-order chi connectivity index (χ1) is 14.1. The largest absolute Gasteiger partial charge is 0.369 e. The normalized spacial score (nSPS) is 14.6. The topological polar surface area (TPSA) is 75.9 Å². The number of tetrazole rings is 1. The third-order valence-electron chi connectivity index (χ3n) is 5.43. The van der Waals surface area contributed by atoms with Gasteiger partial charge in [0.05, 0.1) is 11.4 Å². The summed E-state index contributed by atoms with van der Waals surface area (Å²) >= 11 is 0. The van der Waals surface area contributed by atoms with Crippen molar-refractivity contribution in [2.75, 3.05) is 17.3 Å². The van der Waals surface area contributed by atoms with Crippen LogP contribution in [0.25, 0.3) is 5.69 Å². The molecule has 0 bridgehead atoms. The molecule has 1 aliphatic carbocycles. The average molecular weight is 394 g/mol. The minimum absolute atomic E-state index is 0.326. The van der Waals surface area contributed by atoms with E-state index in [1.165, 1.54) is 36.3 Å². The highest BCUT2D eigenvalue weighted by Gasteiger charge is 2.21. The molecule has 1 aromatic heterocycles. The molecule has 0 spiro atoms. The predicted molar refractivity (Wildman–Crippen MR) is 109 cm³/mol. The zero-order valence-corrected chi connectivity index (χ0v) is 16.3. The molecule has 7 nitrogen and oxygen atoms in total. The Labute approximate surface area is 168 Å². The number of nitrogens with one attached hydrogen (secondary N) is 1. The third-order valence-corrected chi connectivity index (χ3v) is 5.43. The second-order valence-electron chi connectivity index (χ2n) is 7.33. The summed E-state index contributed by atoms with van der Waals surface area (Å²) in [5, 5.41) is 13.8. The van der Waals surface area contributed by atoms with E-state index in [4.69, 9.17) is 0 Å². The van der Waals surface area contributed by atoms with Crippen LogP contribution in [0.3, 0.4) is 0 Å². The zero-order chi connectivity index (χ0) is 20.2. The molecule has 2 aromatic carbocycles. The van der Waals surface area contributed by atoms with Crippen LogP contribution in [0, 0.1) is 5.82 Å². The molecule has 150 valence electrons. The maximum absolute atomic E-state index is 14.7. The van der Waals surface area contributed by atoms with E-state index in [0.717, 1.165) is 12.8 Å². The summed E-state index contributed by atoms with van der Waals surface area (Å²) < 4.78 is 16.2. The molecule has 1 aliphatic rings. The van der Waals surface area contributed by atoms with E-state index in [0.29, 0.717) is 28.7 Å². The smallest absolute Gasteiger partial charge is 0.255 e. The van der Waals surface area contributed by atoms with Crippen LogP contribution in [0.15, 0.2) is 48.8 Å². The molecular weight excluding hydrogens is 371 g/mol. The molecular formula is C21H23FN6O. The molecule has 0 unspecified atom stereocenters. The van der Waals surface area contributed by atoms with Crippen LogP contribution in [0.2, 0.25) is 0 Å². The maximum atomic E-state index is 14.7. The number of carbonyl (C=O) groups is 1. The van der Waals surface area contributed by atoms with E-state index in [1.54, 1.807) is 36.4 Å². The van der Waals surface area contributed by atoms with Crippen molar-refractivity contribution >= 4 is 17.3 Å². The first-order valence-corrected chi connectivity index (χ1v) is 9.79. The van der Waals surface area contributed by atoms with Gasteiger partial charge < -0.3 is 10.2 Å². The molecule has 0 aliphatic heterocycles. The summed E-state index contributed by atoms with van der Waals surface area (Å²) in [7, 11) is 1.94. The molecule has 0 radical (unpaired) electrons. The van der Waals surface area contributed by atoms with Gasteiger partial charge in [0, 0.05) is 24.3 Å². The van der Waals surface area contributed by atoms with E-state index < -0.39 is 0 Å². The Balaban J connectivity index is 1.47. The number of hydrogen-bond acceptors (Lipinski definition) is 5.